The summed E-state index contributed by atoms with van der Waals surface area (Å²) in [7, 11) is 2.23. The number of benzene rings is 2. The van der Waals surface area contributed by atoms with Crippen LogP contribution in [0.1, 0.15) is 36.4 Å². The van der Waals surface area contributed by atoms with Gasteiger partial charge in [0.15, 0.2) is 0 Å². The lowest BCUT2D eigenvalue weighted by Crippen LogP contribution is -2.46. The molecule has 1 unspecified atom stereocenters. The van der Waals surface area contributed by atoms with E-state index in [9.17, 15) is 0 Å². The smallest absolute Gasteiger partial charge is 0.0472 e. The topological polar surface area (TPSA) is 18.5 Å². The van der Waals surface area contributed by atoms with Gasteiger partial charge in [0.1, 0.15) is 0 Å². The zero-order chi connectivity index (χ0) is 20.3. The Hall–Kier alpha value is -1.94. The van der Waals surface area contributed by atoms with Gasteiger partial charge in [-0.05, 0) is 56.4 Å². The van der Waals surface area contributed by atoms with Gasteiger partial charge < -0.3 is 5.32 Å². The molecule has 2 aromatic carbocycles. The number of hydrogen-bond donors (Lipinski definition) is 1. The van der Waals surface area contributed by atoms with E-state index in [1.165, 1.54) is 43.5 Å². The Balaban J connectivity index is 0.000000224. The van der Waals surface area contributed by atoms with Crippen LogP contribution in [0.4, 0.5) is 0 Å². The van der Waals surface area contributed by atoms with Crippen molar-refractivity contribution in [3.63, 3.8) is 0 Å². The minimum Gasteiger partial charge on any atom is -0.317 e. The monoisotopic (exact) mass is 391 g/mol. The number of piperazine rings is 1. The normalized spacial score (nSPS) is 21.2. The van der Waals surface area contributed by atoms with Crippen LogP contribution in [0.2, 0.25) is 0 Å². The molecule has 0 aromatic heterocycles. The van der Waals surface area contributed by atoms with E-state index in [1.54, 1.807) is 0 Å². The average Bonchev–Trinajstić information content (AvgIpc) is 2.78. The minimum absolute atomic E-state index is 0.508. The minimum atomic E-state index is 0.508. The van der Waals surface area contributed by atoms with Crippen LogP contribution in [0, 0.1) is 5.92 Å². The summed E-state index contributed by atoms with van der Waals surface area (Å²) in [6.07, 6.45) is 5.93. The van der Waals surface area contributed by atoms with Gasteiger partial charge in [-0.25, -0.2) is 0 Å². The van der Waals surface area contributed by atoms with Gasteiger partial charge in [0.25, 0.3) is 0 Å². The van der Waals surface area contributed by atoms with E-state index in [4.69, 9.17) is 0 Å². The molecule has 2 aromatic rings. The molecule has 0 spiro atoms. The van der Waals surface area contributed by atoms with Crippen molar-refractivity contribution in [3.8, 4) is 0 Å². The van der Waals surface area contributed by atoms with Crippen LogP contribution in [0.5, 0.6) is 0 Å². The number of nitrogens with one attached hydrogen (secondary N) is 1. The summed E-state index contributed by atoms with van der Waals surface area (Å²) in [5, 5.41) is 3.34. The highest BCUT2D eigenvalue weighted by Crippen LogP contribution is 2.24. The number of hydrogen-bond acceptors (Lipinski definition) is 3. The fraction of sp³-hybridized carbons (Fsp3) is 0.462. The Morgan fingerprint density at radius 3 is 2.28 bits per heavy atom. The lowest BCUT2D eigenvalue weighted by molar-refractivity contribution is 0.0905. The van der Waals surface area contributed by atoms with Crippen molar-refractivity contribution in [1.82, 2.24) is 15.1 Å². The van der Waals surface area contributed by atoms with Crippen LogP contribution in [0.15, 0.2) is 73.3 Å². The third-order valence-corrected chi connectivity index (χ3v) is 6.12. The van der Waals surface area contributed by atoms with Crippen LogP contribution in [0.25, 0.3) is 0 Å². The molecule has 4 rings (SSSR count). The van der Waals surface area contributed by atoms with Crippen molar-refractivity contribution >= 4 is 0 Å². The first-order chi connectivity index (χ1) is 14.3. The highest BCUT2D eigenvalue weighted by atomic mass is 15.3. The lowest BCUT2D eigenvalue weighted by atomic mass is 9.95. The number of allylic oxidation sites excluding steroid dienone is 1. The third kappa shape index (κ3) is 7.11. The Labute approximate surface area is 177 Å². The molecule has 2 heterocycles. The van der Waals surface area contributed by atoms with Crippen molar-refractivity contribution in [2.24, 2.45) is 5.92 Å². The molecular weight excluding hydrogens is 354 g/mol. The SMILES string of the molecule is C=CCC1CCNCC1.CN1CCN(Cc2ccccc2)CC1c1ccccc1. The molecule has 29 heavy (non-hydrogen) atoms. The van der Waals surface area contributed by atoms with Crippen LogP contribution in [-0.2, 0) is 6.54 Å². The van der Waals surface area contributed by atoms with Crippen molar-refractivity contribution in [3.05, 3.63) is 84.4 Å². The van der Waals surface area contributed by atoms with Gasteiger partial charge in [-0.2, -0.15) is 0 Å². The van der Waals surface area contributed by atoms with Crippen LogP contribution >= 0.6 is 0 Å². The molecule has 3 nitrogen and oxygen atoms in total. The summed E-state index contributed by atoms with van der Waals surface area (Å²) in [5.74, 6) is 0.920. The maximum absolute atomic E-state index is 3.73. The van der Waals surface area contributed by atoms with E-state index >= 15 is 0 Å². The highest BCUT2D eigenvalue weighted by Gasteiger charge is 2.25. The summed E-state index contributed by atoms with van der Waals surface area (Å²) in [4.78, 5) is 5.03. The number of likely N-dealkylation sites (N-methyl/N-ethyl adjacent to an activating group) is 1. The first-order valence-electron chi connectivity index (χ1n) is 11.1. The van der Waals surface area contributed by atoms with E-state index in [0.29, 0.717) is 6.04 Å². The Kier molecular flexibility index (Phi) is 8.94. The van der Waals surface area contributed by atoms with Gasteiger partial charge >= 0.3 is 0 Å². The molecule has 0 radical (unpaired) electrons. The predicted molar refractivity (Wildman–Crippen MR) is 124 cm³/mol. The zero-order valence-corrected chi connectivity index (χ0v) is 18.0. The van der Waals surface area contributed by atoms with Crippen molar-refractivity contribution in [2.45, 2.75) is 31.8 Å². The third-order valence-electron chi connectivity index (χ3n) is 6.12. The summed E-state index contributed by atoms with van der Waals surface area (Å²) in [5.41, 5.74) is 2.83. The Morgan fingerprint density at radius 2 is 1.62 bits per heavy atom. The molecule has 2 aliphatic rings. The van der Waals surface area contributed by atoms with Crippen molar-refractivity contribution in [1.29, 1.82) is 0 Å². The van der Waals surface area contributed by atoms with Gasteiger partial charge in [0, 0.05) is 32.2 Å². The highest BCUT2D eigenvalue weighted by molar-refractivity contribution is 5.20. The maximum Gasteiger partial charge on any atom is 0.0472 e. The second kappa shape index (κ2) is 11.9. The van der Waals surface area contributed by atoms with Gasteiger partial charge in [0.2, 0.25) is 0 Å². The molecule has 0 amide bonds. The Morgan fingerprint density at radius 1 is 0.966 bits per heavy atom. The quantitative estimate of drug-likeness (QED) is 0.743. The fourth-order valence-corrected chi connectivity index (χ4v) is 4.30. The molecule has 0 saturated carbocycles. The molecule has 2 aliphatic heterocycles. The van der Waals surface area contributed by atoms with E-state index < -0.39 is 0 Å². The lowest BCUT2D eigenvalue weighted by Gasteiger charge is -2.39. The standard InChI is InChI=1S/C18H22N2.C8H15N/c1-19-12-13-20(14-16-8-4-2-5-9-16)15-18(19)17-10-6-3-7-11-17;1-2-3-8-4-6-9-7-5-8/h2-11,18H,12-15H2,1H3;2,8-9H,1,3-7H2. The van der Waals surface area contributed by atoms with E-state index in [-0.39, 0.29) is 0 Å². The van der Waals surface area contributed by atoms with Gasteiger partial charge in [0.05, 0.1) is 0 Å². The van der Waals surface area contributed by atoms with Gasteiger partial charge in [-0.15, -0.1) is 6.58 Å². The zero-order valence-electron chi connectivity index (χ0n) is 18.0. The molecule has 0 aliphatic carbocycles. The second-order valence-corrected chi connectivity index (χ2v) is 8.35. The summed E-state index contributed by atoms with van der Waals surface area (Å²) in [6, 6.07) is 22.1. The molecule has 3 heteroatoms. The number of nitrogens with zero attached hydrogens (tertiary/aromatic N) is 2. The number of rotatable bonds is 5. The van der Waals surface area contributed by atoms with Gasteiger partial charge in [-0.1, -0.05) is 66.7 Å². The van der Waals surface area contributed by atoms with Gasteiger partial charge in [-0.3, -0.25) is 9.80 Å². The fourth-order valence-electron chi connectivity index (χ4n) is 4.30. The van der Waals surface area contributed by atoms with E-state index in [0.717, 1.165) is 32.1 Å². The molecule has 2 fully saturated rings. The second-order valence-electron chi connectivity index (χ2n) is 8.35. The summed E-state index contributed by atoms with van der Waals surface area (Å²) in [6.45, 7) is 10.6. The summed E-state index contributed by atoms with van der Waals surface area (Å²) >= 11 is 0. The van der Waals surface area contributed by atoms with Crippen LogP contribution < -0.4 is 5.32 Å². The first kappa shape index (κ1) is 21.8. The molecule has 1 N–H and O–H groups in total. The molecule has 0 bridgehead atoms. The van der Waals surface area contributed by atoms with Crippen molar-refractivity contribution in [2.75, 3.05) is 39.8 Å². The maximum atomic E-state index is 3.73. The predicted octanol–water partition coefficient (Wildman–Crippen LogP) is 4.74. The molecule has 1 atom stereocenters. The van der Waals surface area contributed by atoms with Crippen LogP contribution in [0.3, 0.4) is 0 Å². The first-order valence-corrected chi connectivity index (χ1v) is 11.1. The molecule has 156 valence electrons. The largest absolute Gasteiger partial charge is 0.317 e. The van der Waals surface area contributed by atoms with Crippen molar-refractivity contribution < 1.29 is 0 Å². The number of piperidine rings is 1. The van der Waals surface area contributed by atoms with E-state index in [1.807, 2.05) is 6.08 Å². The van der Waals surface area contributed by atoms with Crippen LogP contribution in [-0.4, -0.2) is 49.6 Å². The Bertz CT molecular complexity index is 694. The van der Waals surface area contributed by atoms with E-state index in [2.05, 4.69) is 89.4 Å². The molecule has 2 saturated heterocycles. The average molecular weight is 392 g/mol. The molecular formula is C26H37N3. The summed E-state index contributed by atoms with van der Waals surface area (Å²) < 4.78 is 0.